The lowest BCUT2D eigenvalue weighted by molar-refractivity contribution is 0.629. The van der Waals surface area contributed by atoms with Crippen LogP contribution in [0, 0.1) is 19.7 Å². The van der Waals surface area contributed by atoms with E-state index in [1.54, 1.807) is 12.1 Å². The summed E-state index contributed by atoms with van der Waals surface area (Å²) in [4.78, 5) is 13.7. The van der Waals surface area contributed by atoms with Crippen LogP contribution < -0.4 is 9.80 Å². The summed E-state index contributed by atoms with van der Waals surface area (Å²) in [7, 11) is 0. The molecule has 0 atom stereocenters. The van der Waals surface area contributed by atoms with Gasteiger partial charge in [0.05, 0.1) is 5.52 Å². The molecule has 1 fully saturated rings. The van der Waals surface area contributed by atoms with Crippen molar-refractivity contribution in [2.24, 2.45) is 0 Å². The van der Waals surface area contributed by atoms with Gasteiger partial charge in [-0.1, -0.05) is 0 Å². The summed E-state index contributed by atoms with van der Waals surface area (Å²) in [6, 6.07) is 6.89. The van der Waals surface area contributed by atoms with Gasteiger partial charge in [0.1, 0.15) is 11.6 Å². The van der Waals surface area contributed by atoms with Crippen LogP contribution in [0.25, 0.3) is 10.9 Å². The number of pyridine rings is 1. The number of anilines is 2. The predicted molar refractivity (Wildman–Crippen MR) is 100 cm³/mol. The van der Waals surface area contributed by atoms with Crippen molar-refractivity contribution >= 4 is 33.3 Å². The Labute approximate surface area is 150 Å². The molecule has 5 nitrogen and oxygen atoms in total. The Morgan fingerprint density at radius 2 is 1.80 bits per heavy atom. The van der Waals surface area contributed by atoms with Crippen LogP contribution in [0.5, 0.6) is 0 Å². The summed E-state index contributed by atoms with van der Waals surface area (Å²) < 4.78 is 18.1. The van der Waals surface area contributed by atoms with Crippen LogP contribution in [0.2, 0.25) is 0 Å². The highest BCUT2D eigenvalue weighted by Gasteiger charge is 2.20. The van der Waals surface area contributed by atoms with Crippen molar-refractivity contribution in [3.63, 3.8) is 0 Å². The van der Waals surface area contributed by atoms with Gasteiger partial charge in [-0.05, 0) is 44.5 Å². The van der Waals surface area contributed by atoms with Crippen LogP contribution >= 0.6 is 11.5 Å². The molecule has 0 amide bonds. The van der Waals surface area contributed by atoms with E-state index in [9.17, 15) is 4.39 Å². The highest BCUT2D eigenvalue weighted by atomic mass is 32.1. The fraction of sp³-hybridized carbons (Fsp3) is 0.389. The second-order valence-electron chi connectivity index (χ2n) is 6.40. The molecule has 1 aliphatic rings. The van der Waals surface area contributed by atoms with Crippen LogP contribution in [0.15, 0.2) is 24.3 Å². The van der Waals surface area contributed by atoms with Gasteiger partial charge in [-0.2, -0.15) is 4.37 Å². The van der Waals surface area contributed by atoms with Gasteiger partial charge >= 0.3 is 0 Å². The Morgan fingerprint density at radius 1 is 1.00 bits per heavy atom. The Morgan fingerprint density at radius 3 is 2.60 bits per heavy atom. The molecule has 3 heterocycles. The summed E-state index contributed by atoms with van der Waals surface area (Å²) in [5.74, 6) is 0.604. The first-order chi connectivity index (χ1) is 12.1. The van der Waals surface area contributed by atoms with Crippen molar-refractivity contribution in [3.05, 3.63) is 41.6 Å². The Balaban J connectivity index is 1.64. The molecule has 130 valence electrons. The molecule has 0 bridgehead atoms. The van der Waals surface area contributed by atoms with Crippen LogP contribution in [0.4, 0.5) is 15.2 Å². The van der Waals surface area contributed by atoms with Gasteiger partial charge in [-0.3, -0.25) is 4.98 Å². The van der Waals surface area contributed by atoms with E-state index in [-0.39, 0.29) is 5.82 Å². The molecule has 0 saturated carbocycles. The number of benzene rings is 1. The maximum atomic E-state index is 13.8. The van der Waals surface area contributed by atoms with Gasteiger partial charge in [-0.25, -0.2) is 9.37 Å². The van der Waals surface area contributed by atoms with Crippen molar-refractivity contribution < 1.29 is 4.39 Å². The molecule has 7 heteroatoms. The summed E-state index contributed by atoms with van der Waals surface area (Å²) in [5.41, 5.74) is 2.87. The number of halogens is 1. The highest BCUT2D eigenvalue weighted by Crippen LogP contribution is 2.29. The highest BCUT2D eigenvalue weighted by molar-refractivity contribution is 7.09. The number of hydrogen-bond acceptors (Lipinski definition) is 6. The van der Waals surface area contributed by atoms with Crippen LogP contribution in [0.1, 0.15) is 17.9 Å². The maximum absolute atomic E-state index is 13.8. The first kappa shape index (κ1) is 16.2. The molecule has 0 spiro atoms. The topological polar surface area (TPSA) is 45.2 Å². The molecule has 0 aliphatic carbocycles. The molecule has 1 aliphatic heterocycles. The lowest BCUT2D eigenvalue weighted by Gasteiger charge is -2.25. The Hall–Kier alpha value is -2.28. The van der Waals surface area contributed by atoms with E-state index in [1.165, 1.54) is 17.6 Å². The van der Waals surface area contributed by atoms with Crippen molar-refractivity contribution in [2.45, 2.75) is 20.3 Å². The van der Waals surface area contributed by atoms with Gasteiger partial charge < -0.3 is 9.80 Å². The molecule has 1 saturated heterocycles. The van der Waals surface area contributed by atoms with E-state index in [2.05, 4.69) is 30.2 Å². The van der Waals surface area contributed by atoms with Crippen LogP contribution in [-0.4, -0.2) is 40.5 Å². The Kier molecular flexibility index (Phi) is 4.25. The van der Waals surface area contributed by atoms with Crippen molar-refractivity contribution in [3.8, 4) is 0 Å². The summed E-state index contributed by atoms with van der Waals surface area (Å²) in [5, 5.41) is 1.87. The standard InChI is InChI=1S/C18H20FN5S/c1-12-10-17(15-11-14(19)4-5-16(15)20-12)23-6-3-7-24(9-8-23)18-21-13(2)22-25-18/h4-5,10-11H,3,6-9H2,1-2H3. The second-order valence-corrected chi connectivity index (χ2v) is 7.13. The molecular weight excluding hydrogens is 337 g/mol. The summed E-state index contributed by atoms with van der Waals surface area (Å²) in [6.45, 7) is 7.55. The zero-order valence-electron chi connectivity index (χ0n) is 14.4. The molecule has 3 aromatic rings. The van der Waals surface area contributed by atoms with E-state index >= 15 is 0 Å². The molecule has 4 rings (SSSR count). The molecule has 0 radical (unpaired) electrons. The summed E-state index contributed by atoms with van der Waals surface area (Å²) in [6.07, 6.45) is 1.02. The number of hydrogen-bond donors (Lipinski definition) is 0. The number of aryl methyl sites for hydroxylation is 2. The van der Waals surface area contributed by atoms with Crippen LogP contribution in [-0.2, 0) is 0 Å². The summed E-state index contributed by atoms with van der Waals surface area (Å²) >= 11 is 1.46. The maximum Gasteiger partial charge on any atom is 0.205 e. The van der Waals surface area contributed by atoms with Crippen molar-refractivity contribution in [1.82, 2.24) is 14.3 Å². The van der Waals surface area contributed by atoms with Gasteiger partial charge in [0.2, 0.25) is 5.13 Å². The van der Waals surface area contributed by atoms with E-state index in [4.69, 9.17) is 0 Å². The molecular formula is C18H20FN5S. The lowest BCUT2D eigenvalue weighted by atomic mass is 10.1. The number of fused-ring (bicyclic) bond motifs is 1. The van der Waals surface area contributed by atoms with Gasteiger partial charge in [-0.15, -0.1) is 0 Å². The normalized spacial score (nSPS) is 15.6. The van der Waals surface area contributed by atoms with Gasteiger partial charge in [0.15, 0.2) is 0 Å². The first-order valence-corrected chi connectivity index (χ1v) is 9.24. The van der Waals surface area contributed by atoms with Crippen molar-refractivity contribution in [2.75, 3.05) is 36.0 Å². The molecule has 0 unspecified atom stereocenters. The zero-order valence-corrected chi connectivity index (χ0v) is 15.2. The fourth-order valence-electron chi connectivity index (χ4n) is 3.33. The minimum absolute atomic E-state index is 0.222. The average Bonchev–Trinajstić information content (AvgIpc) is 2.88. The third-order valence-electron chi connectivity index (χ3n) is 4.50. The smallest absolute Gasteiger partial charge is 0.205 e. The first-order valence-electron chi connectivity index (χ1n) is 8.47. The quantitative estimate of drug-likeness (QED) is 0.702. The monoisotopic (exact) mass is 357 g/mol. The molecule has 2 aromatic heterocycles. The average molecular weight is 357 g/mol. The number of nitrogens with zero attached hydrogens (tertiary/aromatic N) is 5. The largest absolute Gasteiger partial charge is 0.369 e. The lowest BCUT2D eigenvalue weighted by Crippen LogP contribution is -2.30. The third kappa shape index (κ3) is 3.28. The van der Waals surface area contributed by atoms with E-state index in [0.717, 1.165) is 65.8 Å². The molecule has 1 aromatic carbocycles. The molecule has 0 N–H and O–H groups in total. The molecule has 25 heavy (non-hydrogen) atoms. The minimum atomic E-state index is -0.222. The van der Waals surface area contributed by atoms with Crippen molar-refractivity contribution in [1.29, 1.82) is 0 Å². The zero-order chi connectivity index (χ0) is 17.4. The number of aromatic nitrogens is 3. The third-order valence-corrected chi connectivity index (χ3v) is 5.37. The van der Waals surface area contributed by atoms with Crippen LogP contribution in [0.3, 0.4) is 0 Å². The van der Waals surface area contributed by atoms with Gasteiger partial charge in [0, 0.05) is 54.5 Å². The number of rotatable bonds is 2. The Bertz CT molecular complexity index is 910. The van der Waals surface area contributed by atoms with E-state index in [0.29, 0.717) is 0 Å². The fourth-order valence-corrected chi connectivity index (χ4v) is 4.06. The predicted octanol–water partition coefficient (Wildman–Crippen LogP) is 3.56. The SMILES string of the molecule is Cc1cc(N2CCCN(c3nc(C)ns3)CC2)c2cc(F)ccc2n1. The van der Waals surface area contributed by atoms with Gasteiger partial charge in [0.25, 0.3) is 0 Å². The van der Waals surface area contributed by atoms with E-state index < -0.39 is 0 Å². The van der Waals surface area contributed by atoms with E-state index in [1.807, 2.05) is 13.8 Å². The minimum Gasteiger partial charge on any atom is -0.369 e. The second kappa shape index (κ2) is 6.55.